The Labute approximate surface area is 218 Å². The fourth-order valence-corrected chi connectivity index (χ4v) is 4.33. The fourth-order valence-electron chi connectivity index (χ4n) is 3.47. The van der Waals surface area contributed by atoms with Crippen LogP contribution in [0.5, 0.6) is 0 Å². The van der Waals surface area contributed by atoms with Gasteiger partial charge >= 0.3 is 41.7 Å². The Kier molecular flexibility index (Phi) is 12.4. The molecule has 16 heteroatoms. The molecule has 0 aliphatic heterocycles. The molecule has 0 aliphatic carbocycles. The van der Waals surface area contributed by atoms with Crippen molar-refractivity contribution in [3.63, 3.8) is 0 Å². The first-order chi connectivity index (χ1) is 16.3. The molecule has 224 valence electrons. The first kappa shape index (κ1) is 36.7. The Balaban J connectivity index is 5.80. The summed E-state index contributed by atoms with van der Waals surface area (Å²) >= 11 is 1.21. The van der Waals surface area contributed by atoms with Crippen LogP contribution in [-0.4, -0.2) is 45.1 Å². The van der Waals surface area contributed by atoms with E-state index in [4.69, 9.17) is 0 Å². The van der Waals surface area contributed by atoms with E-state index >= 15 is 0 Å². The fraction of sp³-hybridized carbons (Fsp3) is 1.00. The lowest BCUT2D eigenvalue weighted by Gasteiger charge is -2.43. The predicted octanol–water partition coefficient (Wildman–Crippen LogP) is 10.9. The maximum Gasteiger partial charge on any atom is 0.460 e. The van der Waals surface area contributed by atoms with E-state index in [1.54, 1.807) is 0 Å². The first-order valence-corrected chi connectivity index (χ1v) is 12.4. The molecule has 0 aromatic heterocycles. The van der Waals surface area contributed by atoms with Gasteiger partial charge in [0.1, 0.15) is 0 Å². The van der Waals surface area contributed by atoms with E-state index in [0.29, 0.717) is 12.8 Å². The van der Waals surface area contributed by atoms with E-state index in [-0.39, 0.29) is 19.3 Å². The molecule has 0 aromatic rings. The van der Waals surface area contributed by atoms with Gasteiger partial charge in [0, 0.05) is 9.84 Å². The summed E-state index contributed by atoms with van der Waals surface area (Å²) in [5.41, 5.74) is 0. The van der Waals surface area contributed by atoms with Crippen molar-refractivity contribution in [1.82, 2.24) is 0 Å². The van der Waals surface area contributed by atoms with Gasteiger partial charge in [-0.15, -0.1) is 0 Å². The van der Waals surface area contributed by atoms with Crippen LogP contribution in [0.3, 0.4) is 0 Å². The highest BCUT2D eigenvalue weighted by atomic mass is 127. The van der Waals surface area contributed by atoms with Crippen LogP contribution in [0.1, 0.15) is 84.5 Å². The van der Waals surface area contributed by atoms with Crippen molar-refractivity contribution in [2.75, 3.05) is 0 Å². The third-order valence-electron chi connectivity index (χ3n) is 6.04. The number of hydrogen-bond donors (Lipinski definition) is 0. The second-order valence-corrected chi connectivity index (χ2v) is 11.3. The van der Waals surface area contributed by atoms with E-state index in [2.05, 4.69) is 0 Å². The minimum atomic E-state index is -8.23. The van der Waals surface area contributed by atoms with Gasteiger partial charge in [0.15, 0.2) is 0 Å². The Morgan fingerprint density at radius 1 is 0.459 bits per heavy atom. The molecule has 1 atom stereocenters. The lowest BCUT2D eigenvalue weighted by Crippen LogP contribution is -2.72. The van der Waals surface area contributed by atoms with E-state index in [1.165, 1.54) is 29.5 Å². The molecule has 0 rings (SSSR count). The average molecular weight is 692 g/mol. The normalized spacial score (nSPS) is 16.7. The van der Waals surface area contributed by atoms with Crippen LogP contribution in [0.25, 0.3) is 0 Å². The van der Waals surface area contributed by atoms with Crippen molar-refractivity contribution < 1.29 is 65.9 Å². The van der Waals surface area contributed by atoms with Crippen LogP contribution in [0.2, 0.25) is 0 Å². The van der Waals surface area contributed by atoms with Gasteiger partial charge in [-0.25, -0.2) is 0 Å². The number of halogens is 16. The monoisotopic (exact) mass is 692 g/mol. The van der Waals surface area contributed by atoms with Crippen LogP contribution in [0, 0.1) is 0 Å². The molecule has 37 heavy (non-hydrogen) atoms. The largest absolute Gasteiger partial charge is 0.460 e. The van der Waals surface area contributed by atoms with Gasteiger partial charge in [0.05, 0.1) is 0 Å². The molecule has 0 aromatic carbocycles. The van der Waals surface area contributed by atoms with Crippen molar-refractivity contribution in [3.8, 4) is 0 Å². The summed E-state index contributed by atoms with van der Waals surface area (Å²) in [4.78, 5) is 0. The van der Waals surface area contributed by atoms with Crippen LogP contribution in [-0.2, 0) is 0 Å². The van der Waals surface area contributed by atoms with Crippen molar-refractivity contribution in [1.29, 1.82) is 0 Å². The van der Waals surface area contributed by atoms with Crippen LogP contribution in [0.4, 0.5) is 65.9 Å². The molecule has 0 fully saturated rings. The lowest BCUT2D eigenvalue weighted by atomic mass is 9.85. The average Bonchev–Trinajstić information content (AvgIpc) is 2.73. The summed E-state index contributed by atoms with van der Waals surface area (Å²) < 4.78 is 199. The highest BCUT2D eigenvalue weighted by Crippen LogP contribution is 2.63. The van der Waals surface area contributed by atoms with Gasteiger partial charge < -0.3 is 0 Å². The van der Waals surface area contributed by atoms with Crippen LogP contribution in [0.15, 0.2) is 0 Å². The zero-order chi connectivity index (χ0) is 29.8. The van der Waals surface area contributed by atoms with Crippen LogP contribution >= 0.6 is 22.6 Å². The highest BCUT2D eigenvalue weighted by molar-refractivity contribution is 14.1. The predicted molar refractivity (Wildman–Crippen MR) is 115 cm³/mol. The van der Waals surface area contributed by atoms with Crippen molar-refractivity contribution >= 4 is 22.6 Å². The minimum Gasteiger partial charge on any atom is -0.200 e. The summed E-state index contributed by atoms with van der Waals surface area (Å²) in [6.45, 7) is 3.17. The Morgan fingerprint density at radius 3 is 1.19 bits per heavy atom. The van der Waals surface area contributed by atoms with Crippen LogP contribution < -0.4 is 0 Å². The summed E-state index contributed by atoms with van der Waals surface area (Å²) in [7, 11) is 0. The third kappa shape index (κ3) is 7.46. The third-order valence-corrected chi connectivity index (χ3v) is 7.73. The van der Waals surface area contributed by atoms with Gasteiger partial charge in [-0.3, -0.25) is 0 Å². The molecule has 0 heterocycles. The molecular weight excluding hydrogens is 664 g/mol. The molecule has 0 radical (unpaired) electrons. The van der Waals surface area contributed by atoms with Gasteiger partial charge in [-0.05, 0) is 12.8 Å². The van der Waals surface area contributed by atoms with E-state index in [1.807, 2.05) is 6.92 Å². The van der Waals surface area contributed by atoms with Crippen molar-refractivity contribution in [2.24, 2.45) is 0 Å². The zero-order valence-electron chi connectivity index (χ0n) is 19.8. The smallest absolute Gasteiger partial charge is 0.200 e. The maximum absolute atomic E-state index is 14.4. The summed E-state index contributed by atoms with van der Waals surface area (Å²) in [5, 5.41) is 0. The maximum atomic E-state index is 14.4. The Morgan fingerprint density at radius 2 is 0.811 bits per heavy atom. The minimum absolute atomic E-state index is 0.134. The van der Waals surface area contributed by atoms with Gasteiger partial charge in [-0.1, -0.05) is 87.8 Å². The molecule has 0 bridgehead atoms. The van der Waals surface area contributed by atoms with Gasteiger partial charge in [0.2, 0.25) is 0 Å². The van der Waals surface area contributed by atoms with Gasteiger partial charge in [-0.2, -0.15) is 65.9 Å². The van der Waals surface area contributed by atoms with Crippen molar-refractivity contribution in [2.45, 2.75) is 130 Å². The van der Waals surface area contributed by atoms with E-state index in [0.717, 1.165) is 32.1 Å². The van der Waals surface area contributed by atoms with Gasteiger partial charge in [0.25, 0.3) is 0 Å². The molecule has 0 saturated carbocycles. The topological polar surface area (TPSA) is 0 Å². The Bertz CT molecular complexity index is 703. The zero-order valence-corrected chi connectivity index (χ0v) is 22.0. The van der Waals surface area contributed by atoms with Crippen molar-refractivity contribution in [3.05, 3.63) is 0 Å². The molecule has 1 unspecified atom stereocenters. The number of alkyl halides is 16. The second kappa shape index (κ2) is 12.5. The number of rotatable bonds is 17. The molecule has 0 aliphatic rings. The first-order valence-electron chi connectivity index (χ1n) is 11.4. The molecule has 0 saturated heterocycles. The number of unbranched alkanes of at least 4 members (excludes halogenated alkanes) is 7. The highest BCUT2D eigenvalue weighted by Gasteiger charge is 2.93. The molecule has 0 amide bonds. The SMILES string of the molecule is CCCCCCCCCCC(I)(CC)CC(F)(F)C(F)(F)C(F)(F)C(F)(F)C(F)(F)C(F)(F)C(F)(F)F. The standard InChI is InChI=1S/C21H28F15I/c1-3-5-6-7-8-9-10-11-12-14(37,4-2)13-15(22,23)16(24,25)17(26,27)18(28,29)19(30,31)20(32,33)21(34,35)36/h3-13H2,1-2H3. The lowest BCUT2D eigenvalue weighted by molar-refractivity contribution is -0.452. The molecule has 0 spiro atoms. The Hall–Kier alpha value is -0.320. The summed E-state index contributed by atoms with van der Waals surface area (Å²) in [6, 6.07) is 0. The molecule has 0 N–H and O–H groups in total. The quantitative estimate of drug-likeness (QED) is 0.0616. The van der Waals surface area contributed by atoms with E-state index in [9.17, 15) is 65.9 Å². The summed E-state index contributed by atoms with van der Waals surface area (Å²) in [6.07, 6.45) is -4.77. The second-order valence-electron chi connectivity index (χ2n) is 8.98. The molecular formula is C21H28F15I. The molecule has 0 nitrogen and oxygen atoms in total. The number of hydrogen-bond acceptors (Lipinski definition) is 0. The van der Waals surface area contributed by atoms with E-state index < -0.39 is 51.6 Å². The summed E-state index contributed by atoms with van der Waals surface area (Å²) in [5.74, 6) is -46.0.